The van der Waals surface area contributed by atoms with E-state index < -0.39 is 5.41 Å². The van der Waals surface area contributed by atoms with Crippen LogP contribution in [0.25, 0.3) is 0 Å². The Labute approximate surface area is 205 Å². The maximum Gasteiger partial charge on any atom is 0.229 e. The lowest BCUT2D eigenvalue weighted by Crippen LogP contribution is -2.57. The molecule has 2 aromatic rings. The predicted octanol–water partition coefficient (Wildman–Crippen LogP) is 4.40. The van der Waals surface area contributed by atoms with Crippen LogP contribution in [-0.2, 0) is 9.59 Å². The van der Waals surface area contributed by atoms with Crippen molar-refractivity contribution in [3.8, 4) is 0 Å². The minimum absolute atomic E-state index is 0.0144. The Hall–Kier alpha value is -1.99. The van der Waals surface area contributed by atoms with E-state index in [0.717, 1.165) is 17.5 Å². The third-order valence-corrected chi connectivity index (χ3v) is 6.96. The lowest BCUT2D eigenvalue weighted by atomic mass is 9.67. The molecule has 2 unspecified atom stereocenters. The standard InChI is InChI=1S/C25H31Cl2N3O3/c1-3-20(16-28-10-12-32)30-23(22-8-7-19(27)15-29-22)21(17-5-4-6-18(26)13-17)14-25(2,9-11-31)24(30)33/h4-8,11,13,15,20-21,23,28,32H,3,9-10,12,14,16H2,1-2H3/t20?,21-,23?,25+/m1/s1. The molecule has 8 heteroatoms. The van der Waals surface area contributed by atoms with Crippen LogP contribution in [-0.4, -0.2) is 52.9 Å². The second-order valence-electron chi connectivity index (χ2n) is 8.85. The first-order valence-electron chi connectivity index (χ1n) is 11.3. The number of hydrogen-bond acceptors (Lipinski definition) is 5. The van der Waals surface area contributed by atoms with Gasteiger partial charge in [0.2, 0.25) is 5.91 Å². The van der Waals surface area contributed by atoms with E-state index in [1.165, 1.54) is 0 Å². The topological polar surface area (TPSA) is 82.5 Å². The number of amides is 1. The summed E-state index contributed by atoms with van der Waals surface area (Å²) in [6.45, 7) is 4.87. The van der Waals surface area contributed by atoms with Gasteiger partial charge in [-0.1, -0.05) is 49.2 Å². The number of aliphatic hydroxyl groups excluding tert-OH is 1. The van der Waals surface area contributed by atoms with Crippen molar-refractivity contribution < 1.29 is 14.7 Å². The molecule has 1 aromatic heterocycles. The number of carbonyl (C=O) groups is 2. The van der Waals surface area contributed by atoms with Crippen LogP contribution < -0.4 is 5.32 Å². The second-order valence-corrected chi connectivity index (χ2v) is 9.72. The Balaban J connectivity index is 2.17. The minimum atomic E-state index is -0.845. The average molecular weight is 492 g/mol. The fraction of sp³-hybridized carbons (Fsp3) is 0.480. The highest BCUT2D eigenvalue weighted by molar-refractivity contribution is 6.30. The second kappa shape index (κ2) is 11.4. The summed E-state index contributed by atoms with van der Waals surface area (Å²) >= 11 is 12.5. The molecule has 0 saturated carbocycles. The molecule has 0 aliphatic carbocycles. The molecule has 2 heterocycles. The molecule has 1 aromatic carbocycles. The Morgan fingerprint density at radius 2 is 2.09 bits per heavy atom. The third-order valence-electron chi connectivity index (χ3n) is 6.50. The molecule has 33 heavy (non-hydrogen) atoms. The van der Waals surface area contributed by atoms with Crippen molar-refractivity contribution in [2.45, 2.75) is 51.1 Å². The largest absolute Gasteiger partial charge is 0.395 e. The highest BCUT2D eigenvalue weighted by Crippen LogP contribution is 2.51. The van der Waals surface area contributed by atoms with Crippen molar-refractivity contribution in [2.75, 3.05) is 19.7 Å². The van der Waals surface area contributed by atoms with Crippen molar-refractivity contribution >= 4 is 35.4 Å². The number of aromatic nitrogens is 1. The number of halogens is 2. The molecular weight excluding hydrogens is 461 g/mol. The first-order valence-corrected chi connectivity index (χ1v) is 12.0. The van der Waals surface area contributed by atoms with Crippen molar-refractivity contribution in [1.82, 2.24) is 15.2 Å². The van der Waals surface area contributed by atoms with Gasteiger partial charge in [0, 0.05) is 42.7 Å². The number of nitrogens with one attached hydrogen (secondary N) is 1. The van der Waals surface area contributed by atoms with Crippen molar-refractivity contribution in [2.24, 2.45) is 5.41 Å². The predicted molar refractivity (Wildman–Crippen MR) is 130 cm³/mol. The molecule has 1 aliphatic heterocycles. The summed E-state index contributed by atoms with van der Waals surface area (Å²) < 4.78 is 0. The molecular formula is C25H31Cl2N3O3. The van der Waals surface area contributed by atoms with Gasteiger partial charge in [-0.3, -0.25) is 9.78 Å². The molecule has 178 valence electrons. The zero-order chi connectivity index (χ0) is 24.0. The zero-order valence-corrected chi connectivity index (χ0v) is 20.5. The summed E-state index contributed by atoms with van der Waals surface area (Å²) in [5, 5.41) is 13.6. The van der Waals surface area contributed by atoms with E-state index in [4.69, 9.17) is 23.2 Å². The number of carbonyl (C=O) groups excluding carboxylic acids is 2. The van der Waals surface area contributed by atoms with Gasteiger partial charge in [-0.2, -0.15) is 0 Å². The minimum Gasteiger partial charge on any atom is -0.395 e. The number of aliphatic hydroxyl groups is 1. The number of hydrogen-bond donors (Lipinski definition) is 2. The maximum absolute atomic E-state index is 14.0. The third kappa shape index (κ3) is 5.75. The van der Waals surface area contributed by atoms with Gasteiger partial charge in [-0.25, -0.2) is 0 Å². The molecule has 4 atom stereocenters. The molecule has 6 nitrogen and oxygen atoms in total. The number of nitrogens with zero attached hydrogens (tertiary/aromatic N) is 2. The molecule has 0 radical (unpaired) electrons. The van der Waals surface area contributed by atoms with E-state index in [-0.39, 0.29) is 36.9 Å². The Bertz CT molecular complexity index is 956. The summed E-state index contributed by atoms with van der Waals surface area (Å²) in [6.07, 6.45) is 3.76. The maximum atomic E-state index is 14.0. The lowest BCUT2D eigenvalue weighted by Gasteiger charge is -2.51. The molecule has 1 amide bonds. The van der Waals surface area contributed by atoms with Gasteiger partial charge in [0.05, 0.1) is 28.8 Å². The van der Waals surface area contributed by atoms with Crippen LogP contribution in [0, 0.1) is 5.41 Å². The molecule has 1 aliphatic rings. The Morgan fingerprint density at radius 3 is 2.70 bits per heavy atom. The number of benzene rings is 1. The molecule has 2 N–H and O–H groups in total. The highest BCUT2D eigenvalue weighted by Gasteiger charge is 2.51. The highest BCUT2D eigenvalue weighted by atomic mass is 35.5. The molecule has 1 saturated heterocycles. The van der Waals surface area contributed by atoms with Gasteiger partial charge in [0.15, 0.2) is 0 Å². The summed E-state index contributed by atoms with van der Waals surface area (Å²) in [5.41, 5.74) is 0.894. The summed E-state index contributed by atoms with van der Waals surface area (Å²) in [7, 11) is 0. The molecule has 1 fully saturated rings. The van der Waals surface area contributed by atoms with E-state index >= 15 is 0 Å². The Morgan fingerprint density at radius 1 is 1.30 bits per heavy atom. The fourth-order valence-corrected chi connectivity index (χ4v) is 5.11. The summed E-state index contributed by atoms with van der Waals surface area (Å²) in [6, 6.07) is 10.8. The molecule has 0 bridgehead atoms. The summed E-state index contributed by atoms with van der Waals surface area (Å²) in [4.78, 5) is 32.1. The first kappa shape index (κ1) is 25.6. The Kier molecular flexibility index (Phi) is 8.88. The monoisotopic (exact) mass is 491 g/mol. The van der Waals surface area contributed by atoms with Gasteiger partial charge in [-0.15, -0.1) is 0 Å². The van der Waals surface area contributed by atoms with Gasteiger partial charge >= 0.3 is 0 Å². The van der Waals surface area contributed by atoms with Gasteiger partial charge < -0.3 is 20.1 Å². The van der Waals surface area contributed by atoms with Gasteiger partial charge in [0.1, 0.15) is 6.29 Å². The van der Waals surface area contributed by atoms with Crippen LogP contribution in [0.4, 0.5) is 0 Å². The molecule has 0 spiro atoms. The van der Waals surface area contributed by atoms with Gasteiger partial charge in [-0.05, 0) is 42.7 Å². The van der Waals surface area contributed by atoms with E-state index in [2.05, 4.69) is 10.3 Å². The van der Waals surface area contributed by atoms with Crippen molar-refractivity contribution in [1.29, 1.82) is 0 Å². The average Bonchev–Trinajstić information content (AvgIpc) is 2.80. The first-order chi connectivity index (χ1) is 15.8. The van der Waals surface area contributed by atoms with Crippen LogP contribution in [0.3, 0.4) is 0 Å². The quantitative estimate of drug-likeness (QED) is 0.380. The van der Waals surface area contributed by atoms with E-state index in [9.17, 15) is 14.7 Å². The normalized spacial score (nSPS) is 24.0. The lowest BCUT2D eigenvalue weighted by molar-refractivity contribution is -0.156. The molecule has 3 rings (SSSR count). The fourth-order valence-electron chi connectivity index (χ4n) is 4.80. The van der Waals surface area contributed by atoms with Crippen LogP contribution >= 0.6 is 23.2 Å². The number of aldehydes is 1. The van der Waals surface area contributed by atoms with Crippen LogP contribution in [0.15, 0.2) is 42.6 Å². The van der Waals surface area contributed by atoms with Crippen molar-refractivity contribution in [3.63, 3.8) is 0 Å². The summed E-state index contributed by atoms with van der Waals surface area (Å²) in [5.74, 6) is -0.181. The van der Waals surface area contributed by atoms with Crippen LogP contribution in [0.2, 0.25) is 10.0 Å². The number of rotatable bonds is 10. The van der Waals surface area contributed by atoms with E-state index in [1.807, 2.05) is 49.1 Å². The van der Waals surface area contributed by atoms with Crippen LogP contribution in [0.1, 0.15) is 56.3 Å². The van der Waals surface area contributed by atoms with E-state index in [0.29, 0.717) is 36.0 Å². The van der Waals surface area contributed by atoms with Crippen molar-refractivity contribution in [3.05, 3.63) is 63.9 Å². The van der Waals surface area contributed by atoms with Crippen LogP contribution in [0.5, 0.6) is 0 Å². The zero-order valence-electron chi connectivity index (χ0n) is 19.0. The van der Waals surface area contributed by atoms with Gasteiger partial charge in [0.25, 0.3) is 0 Å². The SMILES string of the molecule is CCC(CNCCO)N1C(=O)[C@@](C)(CC=O)C[C@H](c2cccc(Cl)c2)C1c1ccc(Cl)cn1. The number of likely N-dealkylation sites (tertiary alicyclic amines) is 1. The van der Waals surface area contributed by atoms with E-state index in [1.54, 1.807) is 12.3 Å². The number of pyridine rings is 1. The smallest absolute Gasteiger partial charge is 0.229 e. The number of piperidine rings is 1.